The fraction of sp³-hybridized carbons (Fsp3) is 0.227. The lowest BCUT2D eigenvalue weighted by Crippen LogP contribution is -2.37. The maximum absolute atomic E-state index is 13.6. The molecule has 0 saturated heterocycles. The Hall–Kier alpha value is -3.61. The van der Waals surface area contributed by atoms with Crippen LogP contribution >= 0.6 is 0 Å². The average molecular weight is 391 g/mol. The number of nitrogens with one attached hydrogen (secondary N) is 1. The van der Waals surface area contributed by atoms with Crippen LogP contribution in [0.1, 0.15) is 63.0 Å². The van der Waals surface area contributed by atoms with Crippen LogP contribution in [-0.2, 0) is 0 Å². The molecule has 0 atom stereocenters. The Labute approximate surface area is 167 Å². The van der Waals surface area contributed by atoms with Crippen LogP contribution in [0.5, 0.6) is 0 Å². The van der Waals surface area contributed by atoms with Gasteiger partial charge in [-0.1, -0.05) is 37.6 Å². The van der Waals surface area contributed by atoms with Crippen molar-refractivity contribution in [2.45, 2.75) is 33.6 Å². The first-order valence-corrected chi connectivity index (χ1v) is 9.18. The first-order valence-electron chi connectivity index (χ1n) is 9.18. The van der Waals surface area contributed by atoms with Gasteiger partial charge >= 0.3 is 5.69 Å². The fourth-order valence-corrected chi connectivity index (χ4v) is 3.42. The molecule has 0 saturated carbocycles. The zero-order valence-electron chi connectivity index (χ0n) is 16.6. The Bertz CT molecular complexity index is 1240. The number of aromatic amines is 1. The van der Waals surface area contributed by atoms with Gasteiger partial charge in [0.2, 0.25) is 5.78 Å². The molecule has 0 bridgehead atoms. The molecule has 7 heteroatoms. The van der Waals surface area contributed by atoms with Gasteiger partial charge in [0, 0.05) is 17.3 Å². The Morgan fingerprint density at radius 3 is 2.52 bits per heavy atom. The number of aromatic nitrogens is 3. The predicted molar refractivity (Wildman–Crippen MR) is 109 cm³/mol. The van der Waals surface area contributed by atoms with Crippen molar-refractivity contribution < 1.29 is 9.59 Å². The lowest BCUT2D eigenvalue weighted by Gasteiger charge is -2.18. The van der Waals surface area contributed by atoms with Crippen LogP contribution in [0.4, 0.5) is 0 Å². The number of pyridine rings is 1. The number of aldehydes is 1. The number of H-pyrrole nitrogens is 1. The minimum absolute atomic E-state index is 0.00830. The van der Waals surface area contributed by atoms with Gasteiger partial charge in [0.15, 0.2) is 6.29 Å². The van der Waals surface area contributed by atoms with Gasteiger partial charge < -0.3 is 0 Å². The van der Waals surface area contributed by atoms with Crippen LogP contribution < -0.4 is 11.2 Å². The van der Waals surface area contributed by atoms with Gasteiger partial charge in [-0.05, 0) is 37.5 Å². The summed E-state index contributed by atoms with van der Waals surface area (Å²) in [4.78, 5) is 56.7. The molecule has 0 fully saturated rings. The summed E-state index contributed by atoms with van der Waals surface area (Å²) < 4.78 is 1.08. The summed E-state index contributed by atoms with van der Waals surface area (Å²) >= 11 is 0. The normalized spacial score (nSPS) is 10.9. The molecule has 0 aliphatic rings. The number of aryl methyl sites for hydroxylation is 2. The van der Waals surface area contributed by atoms with Crippen molar-refractivity contribution in [3.8, 4) is 5.69 Å². The molecule has 3 rings (SSSR count). The lowest BCUT2D eigenvalue weighted by atomic mass is 9.94. The van der Waals surface area contributed by atoms with E-state index in [1.807, 2.05) is 13.0 Å². The molecule has 0 radical (unpaired) electrons. The molecular weight excluding hydrogens is 370 g/mol. The van der Waals surface area contributed by atoms with Crippen molar-refractivity contribution >= 4 is 12.1 Å². The van der Waals surface area contributed by atoms with Crippen LogP contribution in [-0.4, -0.2) is 26.6 Å². The molecule has 0 unspecified atom stereocenters. The van der Waals surface area contributed by atoms with E-state index >= 15 is 0 Å². The van der Waals surface area contributed by atoms with Gasteiger partial charge in [0.05, 0.1) is 5.69 Å². The zero-order valence-corrected chi connectivity index (χ0v) is 16.6. The minimum atomic E-state index is -0.802. The number of carbonyl (C=O) groups is 2. The molecule has 148 valence electrons. The Kier molecular flexibility index (Phi) is 5.41. The van der Waals surface area contributed by atoms with E-state index in [4.69, 9.17) is 0 Å². The van der Waals surface area contributed by atoms with E-state index in [1.54, 1.807) is 39.0 Å². The van der Waals surface area contributed by atoms with E-state index in [1.165, 1.54) is 12.3 Å². The minimum Gasteiger partial charge on any atom is -0.296 e. The quantitative estimate of drug-likeness (QED) is 0.532. The Morgan fingerprint density at radius 1 is 1.17 bits per heavy atom. The topological polar surface area (TPSA) is 102 Å². The summed E-state index contributed by atoms with van der Waals surface area (Å²) in [5, 5.41) is 0. The number of nitrogens with zero attached hydrogens (tertiary/aromatic N) is 2. The third-order valence-corrected chi connectivity index (χ3v) is 4.73. The first-order chi connectivity index (χ1) is 13.8. The summed E-state index contributed by atoms with van der Waals surface area (Å²) in [6, 6.07) is 8.40. The van der Waals surface area contributed by atoms with Crippen molar-refractivity contribution in [2.24, 2.45) is 0 Å². The van der Waals surface area contributed by atoms with E-state index in [0.717, 1.165) is 15.7 Å². The van der Waals surface area contributed by atoms with E-state index in [2.05, 4.69) is 9.97 Å². The van der Waals surface area contributed by atoms with E-state index in [9.17, 15) is 19.2 Å². The number of carbonyl (C=O) groups excluding carboxylic acids is 2. The van der Waals surface area contributed by atoms with Crippen molar-refractivity contribution in [3.63, 3.8) is 0 Å². The van der Waals surface area contributed by atoms with Crippen LogP contribution in [0, 0.1) is 13.8 Å². The SMILES string of the molecule is Cc1ccc(C(=O)c2c(C(C)C)c(=O)[nH]c(=O)n2-c2cccnc2C=O)c(C)c1. The van der Waals surface area contributed by atoms with Crippen molar-refractivity contribution in [3.05, 3.63) is 91.0 Å². The van der Waals surface area contributed by atoms with Crippen LogP contribution in [0.15, 0.2) is 46.1 Å². The highest BCUT2D eigenvalue weighted by Gasteiger charge is 2.27. The Morgan fingerprint density at radius 2 is 1.90 bits per heavy atom. The smallest absolute Gasteiger partial charge is 0.296 e. The number of benzene rings is 1. The predicted octanol–water partition coefficient (Wildman–Crippen LogP) is 2.70. The van der Waals surface area contributed by atoms with Crippen LogP contribution in [0.25, 0.3) is 5.69 Å². The van der Waals surface area contributed by atoms with Crippen LogP contribution in [0.3, 0.4) is 0 Å². The second kappa shape index (κ2) is 7.79. The van der Waals surface area contributed by atoms with Crippen molar-refractivity contribution in [1.82, 2.24) is 14.5 Å². The third-order valence-electron chi connectivity index (χ3n) is 4.73. The molecule has 1 N–H and O–H groups in total. The van der Waals surface area contributed by atoms with Gasteiger partial charge in [-0.3, -0.25) is 28.9 Å². The summed E-state index contributed by atoms with van der Waals surface area (Å²) in [5.41, 5.74) is 0.923. The fourth-order valence-electron chi connectivity index (χ4n) is 3.42. The number of rotatable bonds is 5. The molecule has 7 nitrogen and oxygen atoms in total. The third kappa shape index (κ3) is 3.59. The Balaban J connectivity index is 2.46. The highest BCUT2D eigenvalue weighted by Crippen LogP contribution is 2.23. The largest absolute Gasteiger partial charge is 0.333 e. The molecule has 0 aliphatic carbocycles. The summed E-state index contributed by atoms with van der Waals surface area (Å²) in [6.07, 6.45) is 1.92. The lowest BCUT2D eigenvalue weighted by molar-refractivity contribution is 0.102. The standard InChI is InChI=1S/C22H21N3O4/c1-12(2)18-19(20(27)15-8-7-13(3)10-14(15)4)25(22(29)24-21(18)28)17-6-5-9-23-16(17)11-26/h5-12H,1-4H3,(H,24,28,29). The molecule has 29 heavy (non-hydrogen) atoms. The highest BCUT2D eigenvalue weighted by atomic mass is 16.2. The number of ketones is 1. The van der Waals surface area contributed by atoms with Gasteiger partial charge in [0.1, 0.15) is 11.4 Å². The van der Waals surface area contributed by atoms with Gasteiger partial charge in [0.25, 0.3) is 5.56 Å². The maximum atomic E-state index is 13.6. The summed E-state index contributed by atoms with van der Waals surface area (Å²) in [6.45, 7) is 7.24. The molecule has 2 aromatic heterocycles. The van der Waals surface area contributed by atoms with Gasteiger partial charge in [-0.2, -0.15) is 0 Å². The zero-order chi connectivity index (χ0) is 21.3. The molecule has 0 spiro atoms. The van der Waals surface area contributed by atoms with Gasteiger partial charge in [-0.25, -0.2) is 4.79 Å². The first kappa shape index (κ1) is 20.1. The van der Waals surface area contributed by atoms with E-state index < -0.39 is 17.0 Å². The van der Waals surface area contributed by atoms with E-state index in [0.29, 0.717) is 11.8 Å². The number of hydrogen-bond donors (Lipinski definition) is 1. The monoisotopic (exact) mass is 391 g/mol. The highest BCUT2D eigenvalue weighted by molar-refractivity contribution is 6.10. The van der Waals surface area contributed by atoms with Crippen molar-refractivity contribution in [2.75, 3.05) is 0 Å². The summed E-state index contributed by atoms with van der Waals surface area (Å²) in [5.74, 6) is -0.804. The molecule has 1 aromatic carbocycles. The second-order valence-electron chi connectivity index (χ2n) is 7.18. The molecule has 2 heterocycles. The number of hydrogen-bond acceptors (Lipinski definition) is 5. The van der Waals surface area contributed by atoms with E-state index in [-0.39, 0.29) is 28.6 Å². The average Bonchev–Trinajstić information content (AvgIpc) is 2.66. The van der Waals surface area contributed by atoms with Gasteiger partial charge in [-0.15, -0.1) is 0 Å². The second-order valence-corrected chi connectivity index (χ2v) is 7.18. The molecule has 0 amide bonds. The van der Waals surface area contributed by atoms with Crippen LogP contribution in [0.2, 0.25) is 0 Å². The molecular formula is C22H21N3O4. The maximum Gasteiger partial charge on any atom is 0.333 e. The van der Waals surface area contributed by atoms with Crippen molar-refractivity contribution in [1.29, 1.82) is 0 Å². The summed E-state index contributed by atoms with van der Waals surface area (Å²) in [7, 11) is 0. The molecule has 3 aromatic rings. The molecule has 0 aliphatic heterocycles.